The Hall–Kier alpha value is -2.40. The largest absolute Gasteiger partial charge is 0.494 e. The molecule has 170 valence electrons. The SMILES string of the molecule is Cl.O=C1CCC(c2noc3ccc4cc(OCCCC5CCCCC5)ccc4c23)C(=O)C1. The van der Waals surface area contributed by atoms with Crippen LogP contribution in [0.15, 0.2) is 34.9 Å². The Balaban J connectivity index is 0.00000245. The molecule has 0 spiro atoms. The van der Waals surface area contributed by atoms with E-state index in [-0.39, 0.29) is 36.3 Å². The van der Waals surface area contributed by atoms with E-state index in [1.54, 1.807) is 0 Å². The fourth-order valence-corrected chi connectivity index (χ4v) is 5.30. The van der Waals surface area contributed by atoms with Crippen molar-refractivity contribution in [3.63, 3.8) is 0 Å². The molecule has 0 radical (unpaired) electrons. The highest BCUT2D eigenvalue weighted by Gasteiger charge is 2.32. The van der Waals surface area contributed by atoms with Crippen LogP contribution in [-0.4, -0.2) is 23.3 Å². The first kappa shape index (κ1) is 22.8. The molecule has 2 aliphatic rings. The molecule has 0 amide bonds. The van der Waals surface area contributed by atoms with Crippen LogP contribution < -0.4 is 4.74 Å². The Kier molecular flexibility index (Phi) is 7.14. The summed E-state index contributed by atoms with van der Waals surface area (Å²) in [5.41, 5.74) is 1.34. The molecular weight excluding hydrogens is 426 g/mol. The number of aromatic nitrogens is 1. The standard InChI is InChI=1S/C26H29NO4.ClH/c28-19-9-11-22(23(29)16-19)26-25-21-12-10-20(15-18(21)8-13-24(25)31-27-26)30-14-4-7-17-5-2-1-3-6-17;/h8,10,12-13,15,17,22H,1-7,9,11,14,16H2;1H. The summed E-state index contributed by atoms with van der Waals surface area (Å²) >= 11 is 0. The molecule has 3 aromatic rings. The third-order valence-electron chi connectivity index (χ3n) is 7.00. The van der Waals surface area contributed by atoms with Gasteiger partial charge in [-0.25, -0.2) is 0 Å². The van der Waals surface area contributed by atoms with Crippen molar-refractivity contribution in [2.75, 3.05) is 6.61 Å². The van der Waals surface area contributed by atoms with Crippen molar-refractivity contribution >= 4 is 45.7 Å². The summed E-state index contributed by atoms with van der Waals surface area (Å²) in [5.74, 6) is 1.35. The zero-order chi connectivity index (χ0) is 21.2. The molecule has 32 heavy (non-hydrogen) atoms. The maximum Gasteiger partial charge on any atom is 0.167 e. The number of rotatable bonds is 6. The van der Waals surface area contributed by atoms with Gasteiger partial charge < -0.3 is 9.26 Å². The van der Waals surface area contributed by atoms with Gasteiger partial charge in [-0.05, 0) is 60.2 Å². The Morgan fingerprint density at radius 1 is 1.03 bits per heavy atom. The lowest BCUT2D eigenvalue weighted by Crippen LogP contribution is -2.23. The number of ether oxygens (including phenoxy) is 1. The molecule has 2 aliphatic carbocycles. The Bertz CT molecular complexity index is 1120. The van der Waals surface area contributed by atoms with E-state index >= 15 is 0 Å². The second kappa shape index (κ2) is 10.0. The van der Waals surface area contributed by atoms with Crippen LogP contribution in [0.1, 0.15) is 75.8 Å². The average molecular weight is 456 g/mol. The van der Waals surface area contributed by atoms with Crippen molar-refractivity contribution in [2.24, 2.45) is 5.92 Å². The van der Waals surface area contributed by atoms with E-state index in [0.29, 0.717) is 24.1 Å². The average Bonchev–Trinajstić information content (AvgIpc) is 3.21. The van der Waals surface area contributed by atoms with Crippen molar-refractivity contribution < 1.29 is 18.8 Å². The summed E-state index contributed by atoms with van der Waals surface area (Å²) in [5, 5.41) is 7.17. The van der Waals surface area contributed by atoms with Gasteiger partial charge in [0.05, 0.1) is 24.3 Å². The number of carbonyl (C=O) groups is 2. The molecule has 2 saturated carbocycles. The minimum atomic E-state index is -0.361. The third kappa shape index (κ3) is 4.68. The van der Waals surface area contributed by atoms with Gasteiger partial charge >= 0.3 is 0 Å². The minimum Gasteiger partial charge on any atom is -0.494 e. The first-order chi connectivity index (χ1) is 15.2. The van der Waals surface area contributed by atoms with Gasteiger partial charge in [-0.15, -0.1) is 12.4 Å². The highest BCUT2D eigenvalue weighted by Crippen LogP contribution is 2.37. The van der Waals surface area contributed by atoms with Crippen molar-refractivity contribution in [1.82, 2.24) is 5.16 Å². The molecule has 6 heteroatoms. The molecule has 0 bridgehead atoms. The lowest BCUT2D eigenvalue weighted by molar-refractivity contribution is -0.130. The molecule has 0 N–H and O–H groups in total. The number of nitrogens with zero attached hydrogens (tertiary/aromatic N) is 1. The summed E-state index contributed by atoms with van der Waals surface area (Å²) in [6.45, 7) is 0.743. The first-order valence-electron chi connectivity index (χ1n) is 11.7. The maximum atomic E-state index is 12.5. The summed E-state index contributed by atoms with van der Waals surface area (Å²) < 4.78 is 11.6. The van der Waals surface area contributed by atoms with Gasteiger partial charge in [0.2, 0.25) is 0 Å². The maximum absolute atomic E-state index is 12.5. The van der Waals surface area contributed by atoms with E-state index < -0.39 is 0 Å². The molecule has 1 heterocycles. The van der Waals surface area contributed by atoms with Crippen LogP contribution in [0, 0.1) is 5.92 Å². The van der Waals surface area contributed by atoms with Gasteiger partial charge in [-0.3, -0.25) is 9.59 Å². The second-order valence-electron chi connectivity index (χ2n) is 9.16. The number of carbonyl (C=O) groups excluding carboxylic acids is 2. The van der Waals surface area contributed by atoms with Crippen molar-refractivity contribution in [3.8, 4) is 5.75 Å². The molecule has 5 nitrogen and oxygen atoms in total. The summed E-state index contributed by atoms with van der Waals surface area (Å²) in [4.78, 5) is 24.1. The number of benzene rings is 2. The van der Waals surface area contributed by atoms with E-state index in [4.69, 9.17) is 9.26 Å². The van der Waals surface area contributed by atoms with E-state index in [9.17, 15) is 9.59 Å². The third-order valence-corrected chi connectivity index (χ3v) is 7.00. The van der Waals surface area contributed by atoms with Crippen molar-refractivity contribution in [2.45, 2.75) is 70.1 Å². The highest BCUT2D eigenvalue weighted by atomic mass is 35.5. The van der Waals surface area contributed by atoms with Gasteiger partial charge in [-0.1, -0.05) is 43.3 Å². The van der Waals surface area contributed by atoms with Crippen LogP contribution >= 0.6 is 12.4 Å². The Morgan fingerprint density at radius 3 is 2.69 bits per heavy atom. The smallest absolute Gasteiger partial charge is 0.167 e. The van der Waals surface area contributed by atoms with Crippen LogP contribution in [0.2, 0.25) is 0 Å². The summed E-state index contributed by atoms with van der Waals surface area (Å²) in [7, 11) is 0. The van der Waals surface area contributed by atoms with Gasteiger partial charge in [0.25, 0.3) is 0 Å². The predicted octanol–water partition coefficient (Wildman–Crippen LogP) is 6.55. The van der Waals surface area contributed by atoms with Crippen molar-refractivity contribution in [1.29, 1.82) is 0 Å². The molecule has 1 unspecified atom stereocenters. The number of fused-ring (bicyclic) bond motifs is 3. The fourth-order valence-electron chi connectivity index (χ4n) is 5.30. The molecule has 0 aliphatic heterocycles. The minimum absolute atomic E-state index is 0. The van der Waals surface area contributed by atoms with E-state index in [1.807, 2.05) is 24.3 Å². The van der Waals surface area contributed by atoms with Gasteiger partial charge in [0, 0.05) is 6.42 Å². The van der Waals surface area contributed by atoms with Crippen molar-refractivity contribution in [3.05, 3.63) is 36.0 Å². The number of halogens is 1. The van der Waals surface area contributed by atoms with Gasteiger partial charge in [0.1, 0.15) is 23.0 Å². The Labute approximate surface area is 194 Å². The number of ketones is 2. The molecule has 1 aromatic heterocycles. The van der Waals surface area contributed by atoms with Crippen LogP contribution in [0.4, 0.5) is 0 Å². The fraction of sp³-hybridized carbons (Fsp3) is 0.500. The van der Waals surface area contributed by atoms with E-state index in [0.717, 1.165) is 40.9 Å². The van der Waals surface area contributed by atoms with Crippen LogP contribution in [0.3, 0.4) is 0 Å². The zero-order valence-corrected chi connectivity index (χ0v) is 19.1. The number of hydrogen-bond acceptors (Lipinski definition) is 5. The van der Waals surface area contributed by atoms with Crippen LogP contribution in [-0.2, 0) is 9.59 Å². The molecule has 0 saturated heterocycles. The molecule has 2 fully saturated rings. The lowest BCUT2D eigenvalue weighted by atomic mass is 9.83. The normalized spacial score (nSPS) is 19.9. The number of Topliss-reactive ketones (excluding diaryl/α,β-unsaturated/α-hetero) is 2. The Morgan fingerprint density at radius 2 is 1.88 bits per heavy atom. The molecule has 2 aromatic carbocycles. The quantitative estimate of drug-likeness (QED) is 0.311. The highest BCUT2D eigenvalue weighted by molar-refractivity contribution is 6.11. The lowest BCUT2D eigenvalue weighted by Gasteiger charge is -2.21. The monoisotopic (exact) mass is 455 g/mol. The van der Waals surface area contributed by atoms with E-state index in [2.05, 4.69) is 11.2 Å². The number of hydrogen-bond donors (Lipinski definition) is 0. The summed E-state index contributed by atoms with van der Waals surface area (Å²) in [6.07, 6.45) is 10.2. The van der Waals surface area contributed by atoms with Crippen LogP contribution in [0.5, 0.6) is 5.75 Å². The molecule has 1 atom stereocenters. The van der Waals surface area contributed by atoms with E-state index in [1.165, 1.54) is 38.5 Å². The zero-order valence-electron chi connectivity index (χ0n) is 18.3. The summed E-state index contributed by atoms with van der Waals surface area (Å²) in [6, 6.07) is 9.99. The first-order valence-corrected chi connectivity index (χ1v) is 11.7. The molecule has 5 rings (SSSR count). The predicted molar refractivity (Wildman–Crippen MR) is 127 cm³/mol. The van der Waals surface area contributed by atoms with Gasteiger partial charge in [0.15, 0.2) is 5.58 Å². The molecular formula is C26H30ClNO4. The topological polar surface area (TPSA) is 69.4 Å². The van der Waals surface area contributed by atoms with Gasteiger partial charge in [-0.2, -0.15) is 0 Å². The van der Waals surface area contributed by atoms with Crippen LogP contribution in [0.25, 0.3) is 21.7 Å². The second-order valence-corrected chi connectivity index (χ2v) is 9.16.